The molecule has 0 aliphatic heterocycles. The second-order valence-corrected chi connectivity index (χ2v) is 7.38. The van der Waals surface area contributed by atoms with Crippen molar-refractivity contribution in [2.45, 2.75) is 33.2 Å². The van der Waals surface area contributed by atoms with Gasteiger partial charge in [-0.3, -0.25) is 4.79 Å². The van der Waals surface area contributed by atoms with Gasteiger partial charge >= 0.3 is 0 Å². The molecule has 16 heavy (non-hydrogen) atoms. The SMILES string of the molecule is CC(C)(C)[C@@H](N)C(=O)NCCCS(C)(=O)=O. The van der Waals surface area contributed by atoms with E-state index in [1.54, 1.807) is 0 Å². The van der Waals surface area contributed by atoms with Crippen molar-refractivity contribution in [2.24, 2.45) is 11.1 Å². The van der Waals surface area contributed by atoms with Gasteiger partial charge in [-0.05, 0) is 11.8 Å². The molecule has 0 heterocycles. The quantitative estimate of drug-likeness (QED) is 0.667. The van der Waals surface area contributed by atoms with Crippen molar-refractivity contribution in [1.82, 2.24) is 5.32 Å². The van der Waals surface area contributed by atoms with Gasteiger partial charge in [0.2, 0.25) is 5.91 Å². The molecule has 0 bridgehead atoms. The van der Waals surface area contributed by atoms with E-state index in [4.69, 9.17) is 5.73 Å². The van der Waals surface area contributed by atoms with E-state index < -0.39 is 15.9 Å². The van der Waals surface area contributed by atoms with Crippen LogP contribution in [0.15, 0.2) is 0 Å². The van der Waals surface area contributed by atoms with Gasteiger partial charge in [-0.2, -0.15) is 0 Å². The summed E-state index contributed by atoms with van der Waals surface area (Å²) in [5.74, 6) is -0.154. The van der Waals surface area contributed by atoms with Gasteiger partial charge in [0.25, 0.3) is 0 Å². The fourth-order valence-electron chi connectivity index (χ4n) is 1.05. The number of nitrogens with two attached hydrogens (primary N) is 1. The van der Waals surface area contributed by atoms with Gasteiger partial charge in [0.15, 0.2) is 0 Å². The second-order valence-electron chi connectivity index (χ2n) is 5.12. The van der Waals surface area contributed by atoms with Crippen molar-refractivity contribution in [3.05, 3.63) is 0 Å². The number of rotatable bonds is 5. The maximum absolute atomic E-state index is 11.5. The van der Waals surface area contributed by atoms with E-state index in [1.807, 2.05) is 20.8 Å². The highest BCUT2D eigenvalue weighted by Gasteiger charge is 2.26. The lowest BCUT2D eigenvalue weighted by atomic mass is 9.87. The molecular formula is C10H22N2O3S. The molecule has 0 aromatic heterocycles. The van der Waals surface area contributed by atoms with E-state index in [9.17, 15) is 13.2 Å². The number of nitrogens with one attached hydrogen (secondary N) is 1. The Bertz CT molecular complexity index is 330. The summed E-state index contributed by atoms with van der Waals surface area (Å²) in [6.45, 7) is 5.99. The normalized spacial score (nSPS) is 14.6. The van der Waals surface area contributed by atoms with Crippen molar-refractivity contribution in [2.75, 3.05) is 18.6 Å². The van der Waals surface area contributed by atoms with E-state index in [0.717, 1.165) is 0 Å². The second kappa shape index (κ2) is 5.63. The lowest BCUT2D eigenvalue weighted by Crippen LogP contribution is -2.48. The largest absolute Gasteiger partial charge is 0.355 e. The van der Waals surface area contributed by atoms with Gasteiger partial charge in [-0.1, -0.05) is 20.8 Å². The molecule has 0 spiro atoms. The summed E-state index contributed by atoms with van der Waals surface area (Å²) in [5, 5.41) is 2.63. The molecule has 0 saturated carbocycles. The Morgan fingerprint density at radius 3 is 2.25 bits per heavy atom. The monoisotopic (exact) mass is 250 g/mol. The first kappa shape index (κ1) is 15.4. The van der Waals surface area contributed by atoms with Gasteiger partial charge in [0.05, 0.1) is 11.8 Å². The van der Waals surface area contributed by atoms with Crippen molar-refractivity contribution in [1.29, 1.82) is 0 Å². The summed E-state index contributed by atoms with van der Waals surface area (Å²) >= 11 is 0. The van der Waals surface area contributed by atoms with E-state index in [0.29, 0.717) is 13.0 Å². The highest BCUT2D eigenvalue weighted by Crippen LogP contribution is 2.16. The Morgan fingerprint density at radius 1 is 1.38 bits per heavy atom. The van der Waals surface area contributed by atoms with E-state index in [-0.39, 0.29) is 17.1 Å². The minimum Gasteiger partial charge on any atom is -0.355 e. The average Bonchev–Trinajstić information content (AvgIpc) is 2.07. The number of sulfone groups is 1. The van der Waals surface area contributed by atoms with Crippen LogP contribution in [0.25, 0.3) is 0 Å². The summed E-state index contributed by atoms with van der Waals surface area (Å²) in [7, 11) is -2.95. The molecule has 0 fully saturated rings. The van der Waals surface area contributed by atoms with Crippen LogP contribution in [0.5, 0.6) is 0 Å². The molecule has 0 aliphatic carbocycles. The molecule has 3 N–H and O–H groups in total. The van der Waals surface area contributed by atoms with E-state index in [1.165, 1.54) is 6.26 Å². The van der Waals surface area contributed by atoms with Gasteiger partial charge in [-0.25, -0.2) is 8.42 Å². The zero-order valence-electron chi connectivity index (χ0n) is 10.4. The topological polar surface area (TPSA) is 89.3 Å². The number of hydrogen-bond acceptors (Lipinski definition) is 4. The molecule has 0 radical (unpaired) electrons. The van der Waals surface area contributed by atoms with Gasteiger partial charge in [-0.15, -0.1) is 0 Å². The Labute approximate surface area is 97.7 Å². The fourth-order valence-corrected chi connectivity index (χ4v) is 1.72. The zero-order chi connectivity index (χ0) is 13.0. The lowest BCUT2D eigenvalue weighted by molar-refractivity contribution is -0.124. The van der Waals surface area contributed by atoms with Crippen LogP contribution >= 0.6 is 0 Å². The average molecular weight is 250 g/mol. The van der Waals surface area contributed by atoms with Crippen molar-refractivity contribution < 1.29 is 13.2 Å². The molecule has 0 aromatic rings. The van der Waals surface area contributed by atoms with Gasteiger partial charge in [0, 0.05) is 12.8 Å². The molecule has 96 valence electrons. The Morgan fingerprint density at radius 2 is 1.88 bits per heavy atom. The lowest BCUT2D eigenvalue weighted by Gasteiger charge is -2.25. The molecule has 0 aliphatic rings. The van der Waals surface area contributed by atoms with Crippen molar-refractivity contribution in [3.8, 4) is 0 Å². The molecule has 0 saturated heterocycles. The standard InChI is InChI=1S/C10H22N2O3S/c1-10(2,3)8(11)9(13)12-6-5-7-16(4,14)15/h8H,5-7,11H2,1-4H3,(H,12,13)/t8-/m0/s1. The predicted molar refractivity (Wildman–Crippen MR) is 64.8 cm³/mol. The van der Waals surface area contributed by atoms with Gasteiger partial charge < -0.3 is 11.1 Å². The Hall–Kier alpha value is -0.620. The van der Waals surface area contributed by atoms with Crippen molar-refractivity contribution in [3.63, 3.8) is 0 Å². The minimum absolute atomic E-state index is 0.0814. The predicted octanol–water partition coefficient (Wildman–Crippen LogP) is -0.0893. The molecule has 1 amide bonds. The first-order valence-corrected chi connectivity index (χ1v) is 7.31. The molecule has 5 nitrogen and oxygen atoms in total. The molecule has 0 unspecified atom stereocenters. The highest BCUT2D eigenvalue weighted by molar-refractivity contribution is 7.90. The highest BCUT2D eigenvalue weighted by atomic mass is 32.2. The Kier molecular flexibility index (Phi) is 5.41. The summed E-state index contributed by atoms with van der Waals surface area (Å²) in [5.41, 5.74) is 5.44. The van der Waals surface area contributed by atoms with Crippen molar-refractivity contribution >= 4 is 15.7 Å². The maximum Gasteiger partial charge on any atom is 0.237 e. The van der Waals surface area contributed by atoms with Crippen LogP contribution in [0.2, 0.25) is 0 Å². The summed E-state index contributed by atoms with van der Waals surface area (Å²) in [6.07, 6.45) is 1.59. The van der Waals surface area contributed by atoms with Gasteiger partial charge in [0.1, 0.15) is 9.84 Å². The van der Waals surface area contributed by atoms with E-state index >= 15 is 0 Å². The summed E-state index contributed by atoms with van der Waals surface area (Å²) in [6, 6.07) is -0.578. The van der Waals surface area contributed by atoms with Crippen LogP contribution in [-0.2, 0) is 14.6 Å². The van der Waals surface area contributed by atoms with Crippen LogP contribution in [0.4, 0.5) is 0 Å². The summed E-state index contributed by atoms with van der Waals surface area (Å²) < 4.78 is 21.7. The molecule has 1 atom stereocenters. The third kappa shape index (κ3) is 6.79. The minimum atomic E-state index is -2.95. The summed E-state index contributed by atoms with van der Waals surface area (Å²) in [4.78, 5) is 11.5. The number of carbonyl (C=O) groups excluding carboxylic acids is 1. The Balaban J connectivity index is 3.92. The van der Waals surface area contributed by atoms with Crippen LogP contribution in [0.1, 0.15) is 27.2 Å². The number of hydrogen-bond donors (Lipinski definition) is 2. The fraction of sp³-hybridized carbons (Fsp3) is 0.900. The maximum atomic E-state index is 11.5. The molecule has 0 aromatic carbocycles. The first-order valence-electron chi connectivity index (χ1n) is 5.25. The number of carbonyl (C=O) groups is 1. The van der Waals surface area contributed by atoms with E-state index in [2.05, 4.69) is 5.32 Å². The molecular weight excluding hydrogens is 228 g/mol. The van der Waals surface area contributed by atoms with Crippen LogP contribution < -0.4 is 11.1 Å². The first-order chi connectivity index (χ1) is 7.04. The zero-order valence-corrected chi connectivity index (χ0v) is 11.2. The third-order valence-corrected chi connectivity index (χ3v) is 3.24. The van der Waals surface area contributed by atoms with Crippen LogP contribution in [-0.4, -0.2) is 38.9 Å². The molecule has 6 heteroatoms. The van der Waals surface area contributed by atoms with Crippen LogP contribution in [0, 0.1) is 5.41 Å². The number of amides is 1. The molecule has 0 rings (SSSR count). The third-order valence-electron chi connectivity index (χ3n) is 2.21. The smallest absolute Gasteiger partial charge is 0.237 e. The van der Waals surface area contributed by atoms with Crippen LogP contribution in [0.3, 0.4) is 0 Å².